The van der Waals surface area contributed by atoms with E-state index in [9.17, 15) is 4.39 Å². The van der Waals surface area contributed by atoms with Crippen LogP contribution in [0.1, 0.15) is 26.3 Å². The van der Waals surface area contributed by atoms with Crippen molar-refractivity contribution >= 4 is 0 Å². The van der Waals surface area contributed by atoms with Gasteiger partial charge in [0, 0.05) is 6.54 Å². The summed E-state index contributed by atoms with van der Waals surface area (Å²) in [7, 11) is 0. The molecule has 0 aromatic heterocycles. The Morgan fingerprint density at radius 3 is 2.67 bits per heavy atom. The molecule has 0 saturated heterocycles. The Kier molecular flexibility index (Phi) is 6.68. The van der Waals surface area contributed by atoms with Crippen molar-refractivity contribution in [3.05, 3.63) is 29.6 Å². The highest BCUT2D eigenvalue weighted by atomic mass is 19.1. The van der Waals surface area contributed by atoms with Gasteiger partial charge in [-0.25, -0.2) is 4.39 Å². The Labute approximate surface area is 108 Å². The van der Waals surface area contributed by atoms with Crippen molar-refractivity contribution in [2.75, 3.05) is 19.8 Å². The van der Waals surface area contributed by atoms with Gasteiger partial charge in [0.1, 0.15) is 6.61 Å². The van der Waals surface area contributed by atoms with Crippen molar-refractivity contribution in [3.8, 4) is 5.75 Å². The molecule has 0 aliphatic heterocycles. The summed E-state index contributed by atoms with van der Waals surface area (Å²) in [5.74, 6) is -0.0439. The van der Waals surface area contributed by atoms with Crippen molar-refractivity contribution in [2.24, 2.45) is 0 Å². The van der Waals surface area contributed by atoms with Gasteiger partial charge < -0.3 is 14.8 Å². The number of rotatable bonds is 8. The molecule has 0 heterocycles. The SMILES string of the molecule is CCNCc1ccc(OCCOC(C)C)c(F)c1. The summed E-state index contributed by atoms with van der Waals surface area (Å²) in [6.45, 7) is 8.29. The summed E-state index contributed by atoms with van der Waals surface area (Å²) in [6, 6.07) is 5.03. The zero-order chi connectivity index (χ0) is 13.4. The summed E-state index contributed by atoms with van der Waals surface area (Å²) in [4.78, 5) is 0. The molecular formula is C14H22FNO2. The molecule has 1 rings (SSSR count). The fraction of sp³-hybridized carbons (Fsp3) is 0.571. The van der Waals surface area contributed by atoms with Gasteiger partial charge in [-0.3, -0.25) is 0 Å². The topological polar surface area (TPSA) is 30.5 Å². The molecule has 0 saturated carbocycles. The minimum atomic E-state index is -0.324. The van der Waals surface area contributed by atoms with Crippen LogP contribution < -0.4 is 10.1 Å². The third kappa shape index (κ3) is 5.47. The van der Waals surface area contributed by atoms with Crippen molar-refractivity contribution in [1.82, 2.24) is 5.32 Å². The molecule has 0 atom stereocenters. The van der Waals surface area contributed by atoms with Gasteiger partial charge in [0.25, 0.3) is 0 Å². The van der Waals surface area contributed by atoms with Crippen LogP contribution in [0.15, 0.2) is 18.2 Å². The monoisotopic (exact) mass is 255 g/mol. The van der Waals surface area contributed by atoms with E-state index in [4.69, 9.17) is 9.47 Å². The van der Waals surface area contributed by atoms with Gasteiger partial charge in [-0.15, -0.1) is 0 Å². The molecule has 0 fully saturated rings. The van der Waals surface area contributed by atoms with Crippen LogP contribution in [0.25, 0.3) is 0 Å². The van der Waals surface area contributed by atoms with Gasteiger partial charge in [0.05, 0.1) is 12.7 Å². The Morgan fingerprint density at radius 1 is 1.28 bits per heavy atom. The molecule has 18 heavy (non-hydrogen) atoms. The number of nitrogens with one attached hydrogen (secondary N) is 1. The van der Waals surface area contributed by atoms with Gasteiger partial charge in [-0.05, 0) is 38.1 Å². The fourth-order valence-corrected chi connectivity index (χ4v) is 1.48. The minimum Gasteiger partial charge on any atom is -0.488 e. The van der Waals surface area contributed by atoms with E-state index in [1.165, 1.54) is 6.07 Å². The normalized spacial score (nSPS) is 10.9. The van der Waals surface area contributed by atoms with Crippen molar-refractivity contribution in [2.45, 2.75) is 33.4 Å². The standard InChI is InChI=1S/C14H22FNO2/c1-4-16-10-12-5-6-14(13(15)9-12)18-8-7-17-11(2)3/h5-6,9,11,16H,4,7-8,10H2,1-3H3. The predicted octanol–water partition coefficient (Wildman–Crippen LogP) is 2.74. The van der Waals surface area contributed by atoms with E-state index in [0.717, 1.165) is 12.1 Å². The highest BCUT2D eigenvalue weighted by Gasteiger charge is 2.04. The maximum Gasteiger partial charge on any atom is 0.165 e. The van der Waals surface area contributed by atoms with Gasteiger partial charge in [0.2, 0.25) is 0 Å². The third-order valence-electron chi connectivity index (χ3n) is 2.37. The van der Waals surface area contributed by atoms with E-state index in [1.807, 2.05) is 26.8 Å². The van der Waals surface area contributed by atoms with Crippen LogP contribution in [0, 0.1) is 5.82 Å². The quantitative estimate of drug-likeness (QED) is 0.725. The molecule has 0 bridgehead atoms. The highest BCUT2D eigenvalue weighted by molar-refractivity contribution is 5.29. The average Bonchev–Trinajstić information content (AvgIpc) is 2.33. The van der Waals surface area contributed by atoms with E-state index in [1.54, 1.807) is 6.07 Å². The molecule has 0 radical (unpaired) electrons. The highest BCUT2D eigenvalue weighted by Crippen LogP contribution is 2.18. The number of halogens is 1. The molecule has 4 heteroatoms. The molecule has 0 amide bonds. The van der Waals surface area contributed by atoms with Gasteiger partial charge in [-0.1, -0.05) is 13.0 Å². The lowest BCUT2D eigenvalue weighted by molar-refractivity contribution is 0.0544. The first kappa shape index (κ1) is 14.9. The molecule has 1 aromatic rings. The number of hydrogen-bond donors (Lipinski definition) is 1. The van der Waals surface area contributed by atoms with Crippen LogP contribution in [0.4, 0.5) is 4.39 Å². The predicted molar refractivity (Wildman–Crippen MR) is 70.4 cm³/mol. The second-order valence-electron chi connectivity index (χ2n) is 4.31. The van der Waals surface area contributed by atoms with Crippen molar-refractivity contribution in [3.63, 3.8) is 0 Å². The molecule has 1 N–H and O–H groups in total. The lowest BCUT2D eigenvalue weighted by Crippen LogP contribution is -2.13. The van der Waals surface area contributed by atoms with E-state index >= 15 is 0 Å². The second-order valence-corrected chi connectivity index (χ2v) is 4.31. The molecule has 3 nitrogen and oxygen atoms in total. The number of hydrogen-bond acceptors (Lipinski definition) is 3. The van der Waals surface area contributed by atoms with Crippen LogP contribution in [0.2, 0.25) is 0 Å². The molecule has 1 aromatic carbocycles. The minimum absolute atomic E-state index is 0.168. The van der Waals surface area contributed by atoms with E-state index in [2.05, 4.69) is 5.32 Å². The van der Waals surface area contributed by atoms with Gasteiger partial charge in [0.15, 0.2) is 11.6 Å². The Morgan fingerprint density at radius 2 is 2.06 bits per heavy atom. The van der Waals surface area contributed by atoms with Crippen LogP contribution in [0.5, 0.6) is 5.75 Å². The molecule has 0 unspecified atom stereocenters. The first-order valence-electron chi connectivity index (χ1n) is 6.37. The van der Waals surface area contributed by atoms with Crippen LogP contribution >= 0.6 is 0 Å². The molecule has 102 valence electrons. The zero-order valence-electron chi connectivity index (χ0n) is 11.3. The maximum atomic E-state index is 13.7. The largest absolute Gasteiger partial charge is 0.488 e. The zero-order valence-corrected chi connectivity index (χ0v) is 11.3. The molecule has 0 aliphatic carbocycles. The first-order valence-corrected chi connectivity index (χ1v) is 6.37. The number of benzene rings is 1. The maximum absolute atomic E-state index is 13.7. The number of ether oxygens (including phenoxy) is 2. The molecular weight excluding hydrogens is 233 g/mol. The summed E-state index contributed by atoms with van der Waals surface area (Å²) in [5, 5.41) is 3.15. The average molecular weight is 255 g/mol. The lowest BCUT2D eigenvalue weighted by Gasteiger charge is -2.10. The lowest BCUT2D eigenvalue weighted by atomic mass is 10.2. The summed E-state index contributed by atoms with van der Waals surface area (Å²) < 4.78 is 24.3. The summed E-state index contributed by atoms with van der Waals surface area (Å²) in [6.07, 6.45) is 0.168. The molecule has 0 aliphatic rings. The smallest absolute Gasteiger partial charge is 0.165 e. The van der Waals surface area contributed by atoms with Crippen LogP contribution in [-0.2, 0) is 11.3 Å². The Bertz CT molecular complexity index is 356. The van der Waals surface area contributed by atoms with E-state index in [-0.39, 0.29) is 17.7 Å². The van der Waals surface area contributed by atoms with E-state index in [0.29, 0.717) is 19.8 Å². The Balaban J connectivity index is 2.42. The van der Waals surface area contributed by atoms with Gasteiger partial charge in [-0.2, -0.15) is 0 Å². The second kappa shape index (κ2) is 8.06. The van der Waals surface area contributed by atoms with E-state index < -0.39 is 0 Å². The Hall–Kier alpha value is -1.13. The van der Waals surface area contributed by atoms with Gasteiger partial charge >= 0.3 is 0 Å². The molecule has 0 spiro atoms. The third-order valence-corrected chi connectivity index (χ3v) is 2.37. The first-order chi connectivity index (χ1) is 8.63. The fourth-order valence-electron chi connectivity index (χ4n) is 1.48. The van der Waals surface area contributed by atoms with Crippen molar-refractivity contribution in [1.29, 1.82) is 0 Å². The van der Waals surface area contributed by atoms with Crippen LogP contribution in [0.3, 0.4) is 0 Å². The van der Waals surface area contributed by atoms with Crippen molar-refractivity contribution < 1.29 is 13.9 Å². The van der Waals surface area contributed by atoms with Crippen LogP contribution in [-0.4, -0.2) is 25.9 Å². The summed E-state index contributed by atoms with van der Waals surface area (Å²) in [5.41, 5.74) is 0.917. The summed E-state index contributed by atoms with van der Waals surface area (Å²) >= 11 is 0.